The number of carbonyl (C=O) groups excluding carboxylic acids is 2. The molecule has 1 atom stereocenters. The fourth-order valence-electron chi connectivity index (χ4n) is 3.69. The van der Waals surface area contributed by atoms with E-state index in [9.17, 15) is 14.4 Å². The van der Waals surface area contributed by atoms with Crippen LogP contribution in [0.3, 0.4) is 0 Å². The molecule has 0 radical (unpaired) electrons. The molecule has 1 N–H and O–H groups in total. The van der Waals surface area contributed by atoms with Gasteiger partial charge in [-0.05, 0) is 24.1 Å². The van der Waals surface area contributed by atoms with Crippen molar-refractivity contribution in [2.24, 2.45) is 4.99 Å². The number of benzene rings is 3. The van der Waals surface area contributed by atoms with Crippen molar-refractivity contribution in [3.8, 4) is 0 Å². The Hall–Kier alpha value is -4.06. The highest BCUT2D eigenvalue weighted by atomic mass is 16.4. The first kappa shape index (κ1) is 20.2. The number of carbonyl (C=O) groups is 3. The van der Waals surface area contributed by atoms with Gasteiger partial charge in [0.15, 0.2) is 0 Å². The van der Waals surface area contributed by atoms with E-state index < -0.39 is 23.8 Å². The second kappa shape index (κ2) is 8.75. The zero-order valence-electron chi connectivity index (χ0n) is 16.6. The number of rotatable bonds is 4. The number of likely N-dealkylation sites (tertiary alicyclic amines) is 1. The van der Waals surface area contributed by atoms with E-state index in [1.807, 2.05) is 60.7 Å². The zero-order valence-corrected chi connectivity index (χ0v) is 16.6. The largest absolute Gasteiger partial charge is 0.464 e. The van der Waals surface area contributed by atoms with Gasteiger partial charge in [-0.25, -0.2) is 9.79 Å². The van der Waals surface area contributed by atoms with Gasteiger partial charge in [-0.3, -0.25) is 9.59 Å². The Labute approximate surface area is 179 Å². The van der Waals surface area contributed by atoms with Crippen molar-refractivity contribution in [2.45, 2.75) is 18.8 Å². The van der Waals surface area contributed by atoms with Gasteiger partial charge in [-0.15, -0.1) is 0 Å². The molecular formula is C25H20N2O4. The minimum Gasteiger partial charge on any atom is -0.464 e. The average Bonchev–Trinajstić information content (AvgIpc) is 2.79. The van der Waals surface area contributed by atoms with Crippen LogP contribution in [-0.4, -0.2) is 33.6 Å². The molecule has 1 unspecified atom stereocenters. The summed E-state index contributed by atoms with van der Waals surface area (Å²) in [6, 6.07) is 26.9. The number of piperidine rings is 1. The van der Waals surface area contributed by atoms with Crippen molar-refractivity contribution >= 4 is 29.3 Å². The Morgan fingerprint density at radius 1 is 0.839 bits per heavy atom. The van der Waals surface area contributed by atoms with Crippen LogP contribution in [0.2, 0.25) is 0 Å². The fraction of sp³-hybridized carbons (Fsp3) is 0.120. The van der Waals surface area contributed by atoms with Gasteiger partial charge in [-0.2, -0.15) is 4.90 Å². The standard InChI is InChI=1S/C25H20N2O4/c28-22-16-15-21(24(29)27(22)25(30)31)17-11-13-20(14-12-17)26-23(18-7-3-1-4-8-18)19-9-5-2-6-10-19/h1-14,21H,15-16H2,(H,30,31). The number of hydrogen-bond donors (Lipinski definition) is 1. The van der Waals surface area contributed by atoms with Crippen molar-refractivity contribution < 1.29 is 19.5 Å². The lowest BCUT2D eigenvalue weighted by Crippen LogP contribution is -2.47. The van der Waals surface area contributed by atoms with Gasteiger partial charge in [0, 0.05) is 17.5 Å². The molecule has 6 nitrogen and oxygen atoms in total. The van der Waals surface area contributed by atoms with Crippen LogP contribution in [0.1, 0.15) is 35.4 Å². The molecule has 1 aliphatic rings. The first-order chi connectivity index (χ1) is 15.0. The van der Waals surface area contributed by atoms with Crippen molar-refractivity contribution in [3.05, 3.63) is 102 Å². The van der Waals surface area contributed by atoms with Crippen LogP contribution in [0.4, 0.5) is 10.5 Å². The normalized spacial score (nSPS) is 16.1. The lowest BCUT2D eigenvalue weighted by Gasteiger charge is -2.27. The van der Waals surface area contributed by atoms with Crippen LogP contribution in [0.15, 0.2) is 89.9 Å². The first-order valence-corrected chi connectivity index (χ1v) is 9.94. The monoisotopic (exact) mass is 412 g/mol. The SMILES string of the molecule is O=C(O)N1C(=O)CCC(c2ccc(N=C(c3ccccc3)c3ccccc3)cc2)C1=O. The predicted molar refractivity (Wildman–Crippen MR) is 116 cm³/mol. The molecule has 0 saturated carbocycles. The van der Waals surface area contributed by atoms with Gasteiger partial charge in [-0.1, -0.05) is 72.8 Å². The van der Waals surface area contributed by atoms with Crippen LogP contribution in [0.25, 0.3) is 0 Å². The quantitative estimate of drug-likeness (QED) is 0.494. The molecule has 154 valence electrons. The summed E-state index contributed by atoms with van der Waals surface area (Å²) >= 11 is 0. The third-order valence-electron chi connectivity index (χ3n) is 5.24. The summed E-state index contributed by atoms with van der Waals surface area (Å²) in [7, 11) is 0. The third kappa shape index (κ3) is 4.28. The van der Waals surface area contributed by atoms with Gasteiger partial charge in [0.1, 0.15) is 0 Å². The topological polar surface area (TPSA) is 87.0 Å². The molecule has 3 aromatic rings. The second-order valence-electron chi connectivity index (χ2n) is 7.23. The molecule has 0 aliphatic carbocycles. The van der Waals surface area contributed by atoms with E-state index in [1.165, 1.54) is 0 Å². The predicted octanol–water partition coefficient (Wildman–Crippen LogP) is 4.77. The maximum Gasteiger partial charge on any atom is 0.421 e. The lowest BCUT2D eigenvalue weighted by molar-refractivity contribution is -0.146. The highest BCUT2D eigenvalue weighted by Crippen LogP contribution is 2.30. The molecule has 0 spiro atoms. The summed E-state index contributed by atoms with van der Waals surface area (Å²) in [4.78, 5) is 40.7. The van der Waals surface area contributed by atoms with E-state index >= 15 is 0 Å². The van der Waals surface area contributed by atoms with Gasteiger partial charge in [0.05, 0.1) is 17.3 Å². The summed E-state index contributed by atoms with van der Waals surface area (Å²) in [6.07, 6.45) is -1.21. The summed E-state index contributed by atoms with van der Waals surface area (Å²) < 4.78 is 0. The van der Waals surface area contributed by atoms with E-state index in [4.69, 9.17) is 10.1 Å². The molecule has 1 heterocycles. The van der Waals surface area contributed by atoms with Crippen LogP contribution in [-0.2, 0) is 9.59 Å². The van der Waals surface area contributed by atoms with Crippen molar-refractivity contribution in [1.29, 1.82) is 0 Å². The molecule has 3 aromatic carbocycles. The van der Waals surface area contributed by atoms with Gasteiger partial charge in [0.2, 0.25) is 11.8 Å². The minimum atomic E-state index is -1.53. The second-order valence-corrected chi connectivity index (χ2v) is 7.23. The number of hydrogen-bond acceptors (Lipinski definition) is 4. The van der Waals surface area contributed by atoms with E-state index in [0.717, 1.165) is 16.8 Å². The Bertz CT molecular complexity index is 1100. The maximum absolute atomic E-state index is 12.5. The molecule has 31 heavy (non-hydrogen) atoms. The van der Waals surface area contributed by atoms with Crippen molar-refractivity contribution in [1.82, 2.24) is 4.90 Å². The Kier molecular flexibility index (Phi) is 5.71. The minimum absolute atomic E-state index is 0.0226. The zero-order chi connectivity index (χ0) is 21.8. The molecule has 4 rings (SSSR count). The van der Waals surface area contributed by atoms with Crippen LogP contribution >= 0.6 is 0 Å². The van der Waals surface area contributed by atoms with Gasteiger partial charge >= 0.3 is 6.09 Å². The fourth-order valence-corrected chi connectivity index (χ4v) is 3.69. The van der Waals surface area contributed by atoms with Crippen LogP contribution in [0.5, 0.6) is 0 Å². The summed E-state index contributed by atoms with van der Waals surface area (Å²) in [5.74, 6) is -2.03. The molecule has 3 amide bonds. The molecule has 0 bridgehead atoms. The third-order valence-corrected chi connectivity index (χ3v) is 5.24. The molecular weight excluding hydrogens is 392 g/mol. The molecule has 1 aliphatic heterocycles. The van der Waals surface area contributed by atoms with Gasteiger partial charge in [0.25, 0.3) is 0 Å². The number of imide groups is 3. The van der Waals surface area contributed by atoms with Gasteiger partial charge < -0.3 is 5.11 Å². The number of amides is 3. The van der Waals surface area contributed by atoms with E-state index in [2.05, 4.69) is 0 Å². The summed E-state index contributed by atoms with van der Waals surface area (Å²) in [6.45, 7) is 0. The smallest absolute Gasteiger partial charge is 0.421 e. The highest BCUT2D eigenvalue weighted by Gasteiger charge is 2.39. The molecule has 1 fully saturated rings. The lowest BCUT2D eigenvalue weighted by atomic mass is 9.89. The Balaban J connectivity index is 1.65. The highest BCUT2D eigenvalue weighted by molar-refractivity contribution is 6.14. The van der Waals surface area contributed by atoms with Crippen LogP contribution in [0, 0.1) is 0 Å². The van der Waals surface area contributed by atoms with Crippen LogP contribution < -0.4 is 0 Å². The molecule has 1 saturated heterocycles. The number of nitrogens with zero attached hydrogens (tertiary/aromatic N) is 2. The van der Waals surface area contributed by atoms with E-state index in [1.54, 1.807) is 24.3 Å². The van der Waals surface area contributed by atoms with E-state index in [-0.39, 0.29) is 6.42 Å². The molecule has 0 aromatic heterocycles. The average molecular weight is 412 g/mol. The maximum atomic E-state index is 12.5. The summed E-state index contributed by atoms with van der Waals surface area (Å²) in [5, 5.41) is 9.17. The Morgan fingerprint density at radius 3 is 1.90 bits per heavy atom. The number of carboxylic acid groups (broad SMARTS) is 1. The van der Waals surface area contributed by atoms with Crippen molar-refractivity contribution in [2.75, 3.05) is 0 Å². The molecule has 6 heteroatoms. The first-order valence-electron chi connectivity index (χ1n) is 9.94. The van der Waals surface area contributed by atoms with E-state index in [0.29, 0.717) is 22.6 Å². The summed E-state index contributed by atoms with van der Waals surface area (Å²) in [5.41, 5.74) is 4.17. The number of aliphatic imine (C=N–C) groups is 1. The Morgan fingerprint density at radius 2 is 1.39 bits per heavy atom. The van der Waals surface area contributed by atoms with Crippen molar-refractivity contribution in [3.63, 3.8) is 0 Å².